The normalized spacial score (nSPS) is 12.2. The van der Waals surface area contributed by atoms with Crippen LogP contribution in [-0.4, -0.2) is 4.98 Å². The molecule has 1 aromatic carbocycles. The molecule has 1 aromatic heterocycles. The molecule has 1 aliphatic rings. The summed E-state index contributed by atoms with van der Waals surface area (Å²) in [5, 5.41) is 7.69. The summed E-state index contributed by atoms with van der Waals surface area (Å²) in [6, 6.07) is 4.28. The van der Waals surface area contributed by atoms with Crippen molar-refractivity contribution in [3.05, 3.63) is 36.3 Å². The van der Waals surface area contributed by atoms with Gasteiger partial charge in [-0.05, 0) is 24.6 Å². The molecule has 3 N–H and O–H groups in total. The highest BCUT2D eigenvalue weighted by Crippen LogP contribution is 2.31. The van der Waals surface area contributed by atoms with Crippen molar-refractivity contribution >= 4 is 22.3 Å². The fourth-order valence-corrected chi connectivity index (χ4v) is 1.81. The van der Waals surface area contributed by atoms with Crippen molar-refractivity contribution in [1.82, 2.24) is 4.98 Å². The van der Waals surface area contributed by atoms with Gasteiger partial charge >= 0.3 is 0 Å². The van der Waals surface area contributed by atoms with Gasteiger partial charge in [0.15, 0.2) is 0 Å². The van der Waals surface area contributed by atoms with Crippen molar-refractivity contribution in [3.63, 3.8) is 0 Å². The summed E-state index contributed by atoms with van der Waals surface area (Å²) in [7, 11) is 0. The van der Waals surface area contributed by atoms with Gasteiger partial charge in [-0.2, -0.15) is 0 Å². The number of nitrogens with one attached hydrogen (secondary N) is 3. The van der Waals surface area contributed by atoms with E-state index in [0.29, 0.717) is 0 Å². The van der Waals surface area contributed by atoms with Crippen LogP contribution in [0.25, 0.3) is 10.9 Å². The second-order valence-corrected chi connectivity index (χ2v) is 3.54. The maximum Gasteiger partial charge on any atom is 0.0640 e. The number of hydrogen-bond acceptors (Lipinski definition) is 2. The Kier molecular flexibility index (Phi) is 2.86. The first-order valence-electron chi connectivity index (χ1n) is 5.64. The number of benzene rings is 1. The standard InChI is InChI=1S/C11H11N3.C2H6/c1-7-6-14-9-5-11-10(4-8(7)9)12-2-3-13-11;1-2/h2-6,12-14H,1H3;1-2H3. The molecule has 0 amide bonds. The predicted octanol–water partition coefficient (Wildman–Crippen LogP) is 3.81. The van der Waals surface area contributed by atoms with E-state index in [1.807, 2.05) is 32.4 Å². The number of aromatic amines is 1. The lowest BCUT2D eigenvalue weighted by Gasteiger charge is -2.14. The summed E-state index contributed by atoms with van der Waals surface area (Å²) < 4.78 is 0. The Morgan fingerprint density at radius 3 is 2.25 bits per heavy atom. The minimum Gasteiger partial charge on any atom is -0.361 e. The first kappa shape index (κ1) is 10.6. The molecule has 0 fully saturated rings. The van der Waals surface area contributed by atoms with E-state index in [2.05, 4.69) is 34.7 Å². The second-order valence-electron chi connectivity index (χ2n) is 3.54. The molecular weight excluding hydrogens is 198 g/mol. The van der Waals surface area contributed by atoms with Gasteiger partial charge in [0.2, 0.25) is 0 Å². The van der Waals surface area contributed by atoms with Crippen LogP contribution in [0, 0.1) is 6.92 Å². The number of aryl methyl sites for hydroxylation is 1. The summed E-state index contributed by atoms with van der Waals surface area (Å²) >= 11 is 0. The quantitative estimate of drug-likeness (QED) is 0.625. The van der Waals surface area contributed by atoms with Crippen LogP contribution >= 0.6 is 0 Å². The van der Waals surface area contributed by atoms with Crippen LogP contribution in [0.15, 0.2) is 30.7 Å². The highest BCUT2D eigenvalue weighted by atomic mass is 15.0. The molecule has 0 aliphatic carbocycles. The van der Waals surface area contributed by atoms with Crippen LogP contribution in [0.5, 0.6) is 0 Å². The minimum atomic E-state index is 1.11. The van der Waals surface area contributed by atoms with Crippen LogP contribution in [0.1, 0.15) is 19.4 Å². The van der Waals surface area contributed by atoms with Gasteiger partial charge in [0.25, 0.3) is 0 Å². The maximum absolute atomic E-state index is 3.25. The largest absolute Gasteiger partial charge is 0.361 e. The molecule has 0 bridgehead atoms. The van der Waals surface area contributed by atoms with E-state index in [9.17, 15) is 0 Å². The molecule has 0 unspecified atom stereocenters. The lowest BCUT2D eigenvalue weighted by molar-refractivity contribution is 1.42. The molecule has 0 spiro atoms. The number of aromatic nitrogens is 1. The predicted molar refractivity (Wildman–Crippen MR) is 70.8 cm³/mol. The third-order valence-electron chi connectivity index (χ3n) is 2.59. The molecule has 2 heterocycles. The SMILES string of the molecule is CC.Cc1c[nH]c2cc3c(cc12)NC=CN3. The van der Waals surface area contributed by atoms with Gasteiger partial charge in [0.1, 0.15) is 0 Å². The van der Waals surface area contributed by atoms with Crippen molar-refractivity contribution in [3.8, 4) is 0 Å². The molecular formula is C13H17N3. The lowest BCUT2D eigenvalue weighted by Crippen LogP contribution is -2.01. The first-order valence-corrected chi connectivity index (χ1v) is 5.64. The molecule has 84 valence electrons. The van der Waals surface area contributed by atoms with Crippen LogP contribution in [-0.2, 0) is 0 Å². The monoisotopic (exact) mass is 215 g/mol. The molecule has 0 atom stereocenters. The Hall–Kier alpha value is -1.90. The van der Waals surface area contributed by atoms with Gasteiger partial charge in [0, 0.05) is 29.5 Å². The molecule has 1 aliphatic heterocycles. The summed E-state index contributed by atoms with van der Waals surface area (Å²) in [4.78, 5) is 3.25. The van der Waals surface area contributed by atoms with E-state index < -0.39 is 0 Å². The van der Waals surface area contributed by atoms with Gasteiger partial charge in [-0.1, -0.05) is 13.8 Å². The zero-order valence-electron chi connectivity index (χ0n) is 9.89. The Morgan fingerprint density at radius 2 is 1.56 bits per heavy atom. The summed E-state index contributed by atoms with van der Waals surface area (Å²) in [6.07, 6.45) is 5.82. The van der Waals surface area contributed by atoms with Crippen molar-refractivity contribution in [1.29, 1.82) is 0 Å². The molecule has 0 saturated heterocycles. The van der Waals surface area contributed by atoms with Crippen LogP contribution in [0.4, 0.5) is 11.4 Å². The highest BCUT2D eigenvalue weighted by molar-refractivity contribution is 5.93. The number of rotatable bonds is 0. The topological polar surface area (TPSA) is 39.9 Å². The number of hydrogen-bond donors (Lipinski definition) is 3. The van der Waals surface area contributed by atoms with Crippen molar-refractivity contribution in [2.75, 3.05) is 10.6 Å². The average Bonchev–Trinajstić information content (AvgIpc) is 2.71. The van der Waals surface area contributed by atoms with Crippen molar-refractivity contribution in [2.24, 2.45) is 0 Å². The Balaban J connectivity index is 0.000000457. The number of anilines is 2. The van der Waals surface area contributed by atoms with Gasteiger partial charge in [-0.25, -0.2) is 0 Å². The highest BCUT2D eigenvalue weighted by Gasteiger charge is 2.07. The van der Waals surface area contributed by atoms with E-state index in [-0.39, 0.29) is 0 Å². The fraction of sp³-hybridized carbons (Fsp3) is 0.231. The molecule has 0 saturated carbocycles. The Bertz CT molecular complexity index is 523. The maximum atomic E-state index is 3.25. The molecule has 3 heteroatoms. The lowest BCUT2D eigenvalue weighted by atomic mass is 10.1. The van der Waals surface area contributed by atoms with E-state index in [1.54, 1.807) is 0 Å². The zero-order chi connectivity index (χ0) is 11.5. The van der Waals surface area contributed by atoms with Crippen molar-refractivity contribution in [2.45, 2.75) is 20.8 Å². The molecule has 3 nitrogen and oxygen atoms in total. The second kappa shape index (κ2) is 4.31. The Morgan fingerprint density at radius 1 is 0.938 bits per heavy atom. The number of H-pyrrole nitrogens is 1. The molecule has 0 radical (unpaired) electrons. The average molecular weight is 215 g/mol. The van der Waals surface area contributed by atoms with Crippen LogP contribution in [0.2, 0.25) is 0 Å². The van der Waals surface area contributed by atoms with Crippen LogP contribution in [0.3, 0.4) is 0 Å². The molecule has 16 heavy (non-hydrogen) atoms. The third-order valence-corrected chi connectivity index (χ3v) is 2.59. The summed E-state index contributed by atoms with van der Waals surface area (Å²) in [6.45, 7) is 6.11. The van der Waals surface area contributed by atoms with Gasteiger partial charge in [-0.3, -0.25) is 0 Å². The van der Waals surface area contributed by atoms with E-state index in [1.165, 1.54) is 16.5 Å². The fourth-order valence-electron chi connectivity index (χ4n) is 1.81. The van der Waals surface area contributed by atoms with E-state index in [4.69, 9.17) is 0 Å². The van der Waals surface area contributed by atoms with Gasteiger partial charge in [0.05, 0.1) is 11.4 Å². The zero-order valence-corrected chi connectivity index (χ0v) is 9.89. The summed E-state index contributed by atoms with van der Waals surface area (Å²) in [5.41, 5.74) is 4.69. The number of fused-ring (bicyclic) bond motifs is 2. The Labute approximate surface area is 95.6 Å². The summed E-state index contributed by atoms with van der Waals surface area (Å²) in [5.74, 6) is 0. The van der Waals surface area contributed by atoms with Gasteiger partial charge < -0.3 is 15.6 Å². The van der Waals surface area contributed by atoms with E-state index >= 15 is 0 Å². The molecule has 3 rings (SSSR count). The smallest absolute Gasteiger partial charge is 0.0640 e. The first-order chi connectivity index (χ1) is 7.84. The van der Waals surface area contributed by atoms with Gasteiger partial charge in [-0.15, -0.1) is 0 Å². The van der Waals surface area contributed by atoms with E-state index in [0.717, 1.165) is 11.4 Å². The minimum absolute atomic E-state index is 1.11. The van der Waals surface area contributed by atoms with Crippen molar-refractivity contribution < 1.29 is 0 Å². The van der Waals surface area contributed by atoms with Crippen LogP contribution < -0.4 is 10.6 Å². The third kappa shape index (κ3) is 1.65. The molecule has 2 aromatic rings.